The van der Waals surface area contributed by atoms with E-state index >= 15 is 0 Å². The van der Waals surface area contributed by atoms with Crippen LogP contribution in [0.4, 0.5) is 0 Å². The Morgan fingerprint density at radius 2 is 2.16 bits per heavy atom. The molecule has 1 aliphatic heterocycles. The van der Waals surface area contributed by atoms with Crippen molar-refractivity contribution in [3.63, 3.8) is 0 Å². The van der Waals surface area contributed by atoms with E-state index in [1.54, 1.807) is 11.3 Å². The van der Waals surface area contributed by atoms with Gasteiger partial charge in [-0.2, -0.15) is 5.26 Å². The zero-order valence-corrected chi connectivity index (χ0v) is 23.3. The summed E-state index contributed by atoms with van der Waals surface area (Å²) in [5.74, 6) is 1.75. The quantitative estimate of drug-likeness (QED) is 0.257. The fourth-order valence-corrected chi connectivity index (χ4v) is 6.84. The Morgan fingerprint density at radius 1 is 1.30 bits per heavy atom. The topological polar surface area (TPSA) is 73.2 Å². The third-order valence-electron chi connectivity index (χ3n) is 7.24. The van der Waals surface area contributed by atoms with Gasteiger partial charge >= 0.3 is 0 Å². The molecule has 1 fully saturated rings. The molecule has 1 saturated heterocycles. The van der Waals surface area contributed by atoms with Crippen LogP contribution in [-0.4, -0.2) is 54.5 Å². The van der Waals surface area contributed by atoms with Crippen LogP contribution in [0.25, 0.3) is 21.0 Å². The highest BCUT2D eigenvalue weighted by atomic mass is 32.2. The molecule has 2 N–H and O–H groups in total. The molecule has 2 heterocycles. The number of nitrogens with zero attached hydrogens (tertiary/aromatic N) is 3. The minimum atomic E-state index is 0.0773. The molecule has 1 aromatic heterocycles. The summed E-state index contributed by atoms with van der Waals surface area (Å²) in [5.41, 5.74) is 5.65. The lowest BCUT2D eigenvalue weighted by atomic mass is 10.0. The van der Waals surface area contributed by atoms with E-state index in [4.69, 9.17) is 9.72 Å². The van der Waals surface area contributed by atoms with E-state index in [0.717, 1.165) is 68.3 Å². The molecule has 0 bridgehead atoms. The highest BCUT2D eigenvalue weighted by Crippen LogP contribution is 2.41. The fraction of sp³-hybridized carbons (Fsp3) is 0.448. The summed E-state index contributed by atoms with van der Waals surface area (Å²) in [6, 6.07) is 15.2. The van der Waals surface area contributed by atoms with Gasteiger partial charge < -0.3 is 10.1 Å². The number of aromatic nitrogens is 1. The van der Waals surface area contributed by atoms with Crippen LogP contribution in [0, 0.1) is 11.3 Å². The van der Waals surface area contributed by atoms with Gasteiger partial charge in [-0.05, 0) is 61.1 Å². The highest BCUT2D eigenvalue weighted by Gasteiger charge is 2.25. The number of nitrogens with one attached hydrogen (secondary N) is 2. The van der Waals surface area contributed by atoms with Crippen LogP contribution < -0.4 is 14.8 Å². The molecule has 0 amide bonds. The zero-order valence-electron chi connectivity index (χ0n) is 21.6. The summed E-state index contributed by atoms with van der Waals surface area (Å²) >= 11 is 3.55. The first-order valence-corrected chi connectivity index (χ1v) is 15.1. The molecule has 3 aromatic rings. The smallest absolute Gasteiger partial charge is 0.137 e. The maximum atomic E-state index is 9.67. The number of benzene rings is 2. The van der Waals surface area contributed by atoms with Crippen molar-refractivity contribution in [1.29, 1.82) is 5.26 Å². The predicted molar refractivity (Wildman–Crippen MR) is 154 cm³/mol. The molecule has 2 atom stereocenters. The van der Waals surface area contributed by atoms with Gasteiger partial charge in [0.15, 0.2) is 0 Å². The van der Waals surface area contributed by atoms with Gasteiger partial charge in [0.25, 0.3) is 0 Å². The predicted octanol–water partition coefficient (Wildman–Crippen LogP) is 5.66. The van der Waals surface area contributed by atoms with E-state index in [9.17, 15) is 5.26 Å². The molecule has 2 unspecified atom stereocenters. The summed E-state index contributed by atoms with van der Waals surface area (Å²) in [7, 11) is 0. The number of piperazine rings is 1. The molecule has 2 aromatic carbocycles. The number of thiazole rings is 1. The van der Waals surface area contributed by atoms with Crippen LogP contribution in [-0.2, 0) is 6.42 Å². The number of hydrogen-bond acceptors (Lipinski definition) is 8. The van der Waals surface area contributed by atoms with Gasteiger partial charge in [0, 0.05) is 56.3 Å². The van der Waals surface area contributed by atoms with Gasteiger partial charge in [-0.1, -0.05) is 37.1 Å². The zero-order chi connectivity index (χ0) is 25.6. The van der Waals surface area contributed by atoms with Gasteiger partial charge in [-0.15, -0.1) is 11.3 Å². The Labute approximate surface area is 228 Å². The molecule has 0 radical (unpaired) electrons. The van der Waals surface area contributed by atoms with Crippen molar-refractivity contribution in [3.8, 4) is 32.8 Å². The first kappa shape index (κ1) is 26.2. The largest absolute Gasteiger partial charge is 0.489 e. The van der Waals surface area contributed by atoms with Crippen molar-refractivity contribution in [2.45, 2.75) is 45.3 Å². The molecule has 5 rings (SSSR count). The Hall–Kier alpha value is -2.41. The average Bonchev–Trinajstić information content (AvgIpc) is 3.59. The van der Waals surface area contributed by atoms with E-state index < -0.39 is 0 Å². The Morgan fingerprint density at radius 3 is 2.97 bits per heavy atom. The van der Waals surface area contributed by atoms with Crippen molar-refractivity contribution >= 4 is 23.3 Å². The number of ether oxygens (including phenoxy) is 1. The van der Waals surface area contributed by atoms with Gasteiger partial charge in [-0.25, -0.2) is 4.98 Å². The molecular formula is C29H35N5OS2. The van der Waals surface area contributed by atoms with E-state index in [1.165, 1.54) is 21.6 Å². The molecule has 37 heavy (non-hydrogen) atoms. The molecule has 194 valence electrons. The van der Waals surface area contributed by atoms with Gasteiger partial charge in [0.1, 0.15) is 16.8 Å². The molecule has 0 spiro atoms. The number of rotatable bonds is 10. The second-order valence-electron chi connectivity index (χ2n) is 9.71. The molecule has 0 saturated carbocycles. The van der Waals surface area contributed by atoms with Crippen LogP contribution in [0.2, 0.25) is 0 Å². The van der Waals surface area contributed by atoms with E-state index in [-0.39, 0.29) is 6.10 Å². The lowest BCUT2D eigenvalue weighted by Gasteiger charge is -2.27. The van der Waals surface area contributed by atoms with Crippen LogP contribution in [0.5, 0.6) is 5.75 Å². The first-order valence-electron chi connectivity index (χ1n) is 13.3. The third kappa shape index (κ3) is 6.19. The van der Waals surface area contributed by atoms with E-state index in [2.05, 4.69) is 46.1 Å². The van der Waals surface area contributed by atoms with Gasteiger partial charge in [0.05, 0.1) is 16.5 Å². The summed E-state index contributed by atoms with van der Waals surface area (Å²) in [6.07, 6.45) is 5.16. The molecule has 6 nitrogen and oxygen atoms in total. The standard InChI is InChI=1S/C29H35N5OS2/c1-3-20(2)35-27-10-7-21(17-22(27)18-30)29-32-19-28(37-29)25-6-4-5-24-23(25)8-9-26(24)33-36-16-15-34-13-11-31-12-14-34/h4-7,10,17,19-20,26,31,33H,3,8-9,11-16H2,1-2H3. The molecule has 1 aliphatic carbocycles. The van der Waals surface area contributed by atoms with Crippen LogP contribution in [0.1, 0.15) is 49.4 Å². The van der Waals surface area contributed by atoms with Crippen LogP contribution >= 0.6 is 23.3 Å². The Kier molecular flexibility index (Phi) is 8.80. The van der Waals surface area contributed by atoms with Crippen LogP contribution in [0.15, 0.2) is 42.6 Å². The highest BCUT2D eigenvalue weighted by molar-refractivity contribution is 7.97. The Bertz CT molecular complexity index is 1250. The monoisotopic (exact) mass is 533 g/mol. The third-order valence-corrected chi connectivity index (χ3v) is 9.15. The van der Waals surface area contributed by atoms with Crippen molar-refractivity contribution in [2.24, 2.45) is 0 Å². The SMILES string of the molecule is CCC(C)Oc1ccc(-c2ncc(-c3cccc4c3CCC4NSCCN3CCNCC3)s2)cc1C#N. The normalized spacial score (nSPS) is 18.4. The first-order chi connectivity index (χ1) is 18.2. The maximum absolute atomic E-state index is 9.67. The van der Waals surface area contributed by atoms with Crippen molar-refractivity contribution < 1.29 is 4.74 Å². The Balaban J connectivity index is 1.26. The van der Waals surface area contributed by atoms with E-state index in [0.29, 0.717) is 17.4 Å². The second-order valence-corrected chi connectivity index (χ2v) is 11.7. The maximum Gasteiger partial charge on any atom is 0.137 e. The van der Waals surface area contributed by atoms with Gasteiger partial charge in [-0.3, -0.25) is 9.62 Å². The molecule has 2 aliphatic rings. The van der Waals surface area contributed by atoms with Crippen LogP contribution in [0.3, 0.4) is 0 Å². The summed E-state index contributed by atoms with van der Waals surface area (Å²) in [4.78, 5) is 8.45. The lowest BCUT2D eigenvalue weighted by Crippen LogP contribution is -2.44. The van der Waals surface area contributed by atoms with Gasteiger partial charge in [0.2, 0.25) is 0 Å². The minimum absolute atomic E-state index is 0.0773. The van der Waals surface area contributed by atoms with Crippen molar-refractivity contribution in [1.82, 2.24) is 19.9 Å². The average molecular weight is 534 g/mol. The minimum Gasteiger partial charge on any atom is -0.489 e. The fourth-order valence-electron chi connectivity index (χ4n) is 4.96. The summed E-state index contributed by atoms with van der Waals surface area (Å²) in [5, 5.41) is 14.0. The molecular weight excluding hydrogens is 498 g/mol. The van der Waals surface area contributed by atoms with Crippen molar-refractivity contribution in [3.05, 3.63) is 59.3 Å². The second kappa shape index (κ2) is 12.4. The number of hydrogen-bond donors (Lipinski definition) is 2. The lowest BCUT2D eigenvalue weighted by molar-refractivity contribution is 0.217. The number of fused-ring (bicyclic) bond motifs is 1. The van der Waals surface area contributed by atoms with Crippen molar-refractivity contribution in [2.75, 3.05) is 38.5 Å². The van der Waals surface area contributed by atoms with E-state index in [1.807, 2.05) is 43.3 Å². The molecule has 8 heteroatoms. The number of nitriles is 1. The summed E-state index contributed by atoms with van der Waals surface area (Å²) in [6.45, 7) is 9.75. The summed E-state index contributed by atoms with van der Waals surface area (Å²) < 4.78 is 9.67.